The predicted molar refractivity (Wildman–Crippen MR) is 244 cm³/mol. The molecule has 0 spiro atoms. The van der Waals surface area contributed by atoms with Crippen molar-refractivity contribution < 1.29 is 4.42 Å². The van der Waals surface area contributed by atoms with Gasteiger partial charge in [0.2, 0.25) is 11.6 Å². The van der Waals surface area contributed by atoms with Gasteiger partial charge in [-0.25, -0.2) is 19.9 Å². The summed E-state index contributed by atoms with van der Waals surface area (Å²) in [5.74, 6) is 3.42. The van der Waals surface area contributed by atoms with E-state index in [4.69, 9.17) is 24.4 Å². The molecule has 14 aromatic rings. The lowest BCUT2D eigenvalue weighted by Crippen LogP contribution is -1.98. The number of benzene rings is 6. The van der Waals surface area contributed by atoms with E-state index in [2.05, 4.69) is 129 Å². The third-order valence-electron chi connectivity index (χ3n) is 11.7. The summed E-state index contributed by atoms with van der Waals surface area (Å²) in [6, 6.07) is 50.4. The zero-order chi connectivity index (χ0) is 39.6. The van der Waals surface area contributed by atoms with Crippen molar-refractivity contribution in [2.24, 2.45) is 0 Å². The van der Waals surface area contributed by atoms with Crippen molar-refractivity contribution in [3.05, 3.63) is 169 Å². The second-order valence-electron chi connectivity index (χ2n) is 15.3. The molecule has 284 valence electrons. The van der Waals surface area contributed by atoms with Crippen LogP contribution in [0.15, 0.2) is 162 Å². The molecule has 0 saturated carbocycles. The fourth-order valence-electron chi connectivity index (χ4n) is 9.03. The molecule has 0 aliphatic rings. The van der Waals surface area contributed by atoms with Crippen LogP contribution >= 0.6 is 11.3 Å². The normalized spacial score (nSPS) is 12.2. The Kier molecular flexibility index (Phi) is 6.83. The third-order valence-corrected chi connectivity index (χ3v) is 12.9. The van der Waals surface area contributed by atoms with Crippen LogP contribution in [0, 0.1) is 13.8 Å². The van der Waals surface area contributed by atoms with Crippen LogP contribution in [0.4, 0.5) is 0 Å². The lowest BCUT2D eigenvalue weighted by Gasteiger charge is -2.06. The van der Waals surface area contributed by atoms with Crippen molar-refractivity contribution in [3.63, 3.8) is 0 Å². The molecule has 6 aromatic carbocycles. The molecule has 9 nitrogen and oxygen atoms in total. The fourth-order valence-corrected chi connectivity index (χ4v) is 10.2. The van der Waals surface area contributed by atoms with E-state index in [1.54, 1.807) is 11.3 Å². The number of thiophene rings is 1. The lowest BCUT2D eigenvalue weighted by molar-refractivity contribution is 0.663. The van der Waals surface area contributed by atoms with Crippen LogP contribution in [0.2, 0.25) is 0 Å². The molecular weight excluding hydrogens is 761 g/mol. The smallest absolute Gasteiger partial charge is 0.222 e. The number of rotatable bonds is 2. The van der Waals surface area contributed by atoms with Gasteiger partial charge in [0.1, 0.15) is 5.58 Å². The van der Waals surface area contributed by atoms with E-state index in [1.165, 1.54) is 31.3 Å². The Hall–Kier alpha value is -7.82. The van der Waals surface area contributed by atoms with Gasteiger partial charge in [-0.05, 0) is 97.8 Å². The summed E-state index contributed by atoms with van der Waals surface area (Å²) in [4.78, 5) is 19.6. The van der Waals surface area contributed by atoms with E-state index < -0.39 is 0 Å². The summed E-state index contributed by atoms with van der Waals surface area (Å²) in [6.07, 6.45) is 3.76. The molecule has 0 bridgehead atoms. The van der Waals surface area contributed by atoms with E-state index in [0.29, 0.717) is 0 Å². The maximum absolute atomic E-state index is 6.28. The fraction of sp³-hybridized carbons (Fsp3) is 0.0400. The molecule has 0 fully saturated rings. The van der Waals surface area contributed by atoms with Gasteiger partial charge < -0.3 is 4.42 Å². The first-order valence-corrected chi connectivity index (χ1v) is 20.7. The maximum atomic E-state index is 6.28. The molecule has 0 unspecified atom stereocenters. The van der Waals surface area contributed by atoms with Crippen LogP contribution in [-0.4, -0.2) is 37.9 Å². The van der Waals surface area contributed by atoms with Gasteiger partial charge in [0.15, 0.2) is 17.2 Å². The highest BCUT2D eigenvalue weighted by Gasteiger charge is 2.23. The summed E-state index contributed by atoms with van der Waals surface area (Å²) in [7, 11) is 0. The molecule has 0 saturated heterocycles. The predicted octanol–water partition coefficient (Wildman–Crippen LogP) is 12.5. The summed E-state index contributed by atoms with van der Waals surface area (Å²) in [5.41, 5.74) is 12.6. The highest BCUT2D eigenvalue weighted by atomic mass is 32.1. The van der Waals surface area contributed by atoms with E-state index in [9.17, 15) is 0 Å². The van der Waals surface area contributed by atoms with Gasteiger partial charge >= 0.3 is 0 Å². The average molecular weight is 793 g/mol. The number of hydrogen-bond acceptors (Lipinski definition) is 6. The number of aryl methyl sites for hydroxylation is 2. The maximum Gasteiger partial charge on any atom is 0.222 e. The Labute approximate surface area is 344 Å². The van der Waals surface area contributed by atoms with E-state index >= 15 is 0 Å². The van der Waals surface area contributed by atoms with Crippen LogP contribution < -0.4 is 0 Å². The number of fused-ring (bicyclic) bond motifs is 16. The van der Waals surface area contributed by atoms with Crippen molar-refractivity contribution in [2.75, 3.05) is 0 Å². The molecule has 10 heteroatoms. The average Bonchev–Trinajstić information content (AvgIpc) is 4.12. The molecule has 0 radical (unpaired) electrons. The van der Waals surface area contributed by atoms with Gasteiger partial charge in [-0.15, -0.1) is 11.3 Å². The highest BCUT2D eigenvalue weighted by Crippen LogP contribution is 2.39. The van der Waals surface area contributed by atoms with E-state index in [-0.39, 0.29) is 0 Å². The number of nitrogens with zero attached hydrogens (tertiary/aromatic N) is 8. The zero-order valence-electron chi connectivity index (χ0n) is 32.4. The molecule has 0 aliphatic heterocycles. The summed E-state index contributed by atoms with van der Waals surface area (Å²) in [6.45, 7) is 4.24. The second kappa shape index (κ2) is 12.3. The van der Waals surface area contributed by atoms with E-state index in [0.717, 1.165) is 89.3 Å². The van der Waals surface area contributed by atoms with Gasteiger partial charge in [-0.3, -0.25) is 17.9 Å². The first-order chi connectivity index (χ1) is 29.6. The number of pyridine rings is 2. The number of para-hydroxylation sites is 5. The third kappa shape index (κ3) is 4.61. The van der Waals surface area contributed by atoms with Crippen molar-refractivity contribution in [2.45, 2.75) is 13.8 Å². The van der Waals surface area contributed by atoms with Gasteiger partial charge in [0.25, 0.3) is 0 Å². The molecule has 8 heterocycles. The van der Waals surface area contributed by atoms with E-state index in [1.807, 2.05) is 60.9 Å². The Balaban J connectivity index is 0.000000123. The van der Waals surface area contributed by atoms with Crippen molar-refractivity contribution in [1.29, 1.82) is 0 Å². The minimum absolute atomic E-state index is 0.753. The topological polar surface area (TPSA) is 83.4 Å². The van der Waals surface area contributed by atoms with Gasteiger partial charge in [-0.1, -0.05) is 72.8 Å². The molecule has 0 amide bonds. The summed E-state index contributed by atoms with van der Waals surface area (Å²) in [5, 5.41) is 4.66. The summed E-state index contributed by atoms with van der Waals surface area (Å²) >= 11 is 1.79. The quantitative estimate of drug-likeness (QED) is 0.174. The van der Waals surface area contributed by atoms with Crippen LogP contribution in [0.5, 0.6) is 0 Å². The monoisotopic (exact) mass is 792 g/mol. The van der Waals surface area contributed by atoms with Crippen molar-refractivity contribution in [3.8, 4) is 11.6 Å². The Morgan fingerprint density at radius 2 is 1.02 bits per heavy atom. The number of hydrogen-bond donors (Lipinski definition) is 0. The molecule has 60 heavy (non-hydrogen) atoms. The second-order valence-corrected chi connectivity index (χ2v) is 16.4. The lowest BCUT2D eigenvalue weighted by atomic mass is 10.2. The van der Waals surface area contributed by atoms with Gasteiger partial charge in [-0.2, -0.15) is 0 Å². The first kappa shape index (κ1) is 33.2. The largest absolute Gasteiger partial charge is 0.452 e. The molecule has 0 aliphatic carbocycles. The minimum Gasteiger partial charge on any atom is -0.452 e. The molecule has 8 aromatic heterocycles. The number of imidazole rings is 4. The highest BCUT2D eigenvalue weighted by molar-refractivity contribution is 7.26. The van der Waals surface area contributed by atoms with Gasteiger partial charge in [0.05, 0.1) is 48.8 Å². The standard InChI is InChI=1S/C25H16N4O.C25H16N4S/c2*1-15-10-11-20-21(14-15)28-19-8-4-3-7-18(19)27-25(28)29(20)24-23-17(12-13-26-24)16-6-2-5-9-22(16)30-23/h2*2-14H,1H3. The Morgan fingerprint density at radius 1 is 0.467 bits per heavy atom. The minimum atomic E-state index is 0.753. The summed E-state index contributed by atoms with van der Waals surface area (Å²) < 4.78 is 17.5. The molecular formula is C50H32N8OS. The van der Waals surface area contributed by atoms with Crippen LogP contribution in [0.25, 0.3) is 109 Å². The number of furan rings is 1. The Morgan fingerprint density at radius 3 is 1.70 bits per heavy atom. The zero-order valence-corrected chi connectivity index (χ0v) is 33.2. The Bertz CT molecular complexity index is 3800. The molecule has 0 N–H and O–H groups in total. The van der Waals surface area contributed by atoms with Crippen LogP contribution in [-0.2, 0) is 0 Å². The van der Waals surface area contributed by atoms with Gasteiger partial charge in [0, 0.05) is 38.6 Å². The SMILES string of the molecule is Cc1ccc2c(c1)n1c3ccccc3nc1n2-c1nccc2c1oc1ccccc12.Cc1ccc2c(c1)n1c3ccccc3nc1n2-c1nccc2c1sc1ccccc12. The van der Waals surface area contributed by atoms with Crippen molar-refractivity contribution in [1.82, 2.24) is 37.9 Å². The number of aromatic nitrogens is 8. The van der Waals surface area contributed by atoms with Crippen molar-refractivity contribution >= 4 is 109 Å². The van der Waals surface area contributed by atoms with Crippen LogP contribution in [0.1, 0.15) is 11.1 Å². The molecule has 14 rings (SSSR count). The first-order valence-electron chi connectivity index (χ1n) is 19.9. The molecule has 0 atom stereocenters. The van der Waals surface area contributed by atoms with Crippen LogP contribution in [0.3, 0.4) is 0 Å².